The third-order valence-electron chi connectivity index (χ3n) is 2.85. The van der Waals surface area contributed by atoms with Crippen LogP contribution in [0.4, 0.5) is 0 Å². The van der Waals surface area contributed by atoms with Gasteiger partial charge in [0, 0.05) is 0 Å². The molecule has 1 aromatic rings. The largest absolute Gasteiger partial charge is 0.429 e. The van der Waals surface area contributed by atoms with Crippen LogP contribution in [-0.4, -0.2) is 46.6 Å². The van der Waals surface area contributed by atoms with Crippen molar-refractivity contribution in [3.63, 3.8) is 0 Å². The fourth-order valence-corrected chi connectivity index (χ4v) is 1.83. The van der Waals surface area contributed by atoms with E-state index in [0.29, 0.717) is 5.56 Å². The molecule has 1 heterocycles. The zero-order valence-corrected chi connectivity index (χ0v) is 10.2. The summed E-state index contributed by atoms with van der Waals surface area (Å²) in [6.07, 6.45) is -5.37. The molecule has 1 aromatic carbocycles. The number of rotatable bonds is 3. The minimum atomic E-state index is -1.44. The van der Waals surface area contributed by atoms with Crippen molar-refractivity contribution >= 4 is 11.8 Å². The van der Waals surface area contributed by atoms with Gasteiger partial charge in [-0.25, -0.2) is 4.79 Å². The summed E-state index contributed by atoms with van der Waals surface area (Å²) < 4.78 is 9.98. The Bertz CT molecular complexity index is 471. The van der Waals surface area contributed by atoms with E-state index in [1.54, 1.807) is 30.3 Å². The summed E-state index contributed by atoms with van der Waals surface area (Å²) in [6, 6.07) is 8.16. The number of esters is 1. The lowest BCUT2D eigenvalue weighted by molar-refractivity contribution is -0.150. The molecule has 1 fully saturated rings. The minimum absolute atomic E-state index is 0.291. The first kappa shape index (κ1) is 13.7. The Morgan fingerprint density at radius 3 is 2.32 bits per heavy atom. The van der Waals surface area contributed by atoms with Gasteiger partial charge < -0.3 is 19.7 Å². The van der Waals surface area contributed by atoms with Gasteiger partial charge in [0.2, 0.25) is 6.29 Å². The van der Waals surface area contributed by atoms with Crippen LogP contribution in [-0.2, 0) is 14.3 Å². The highest BCUT2D eigenvalue weighted by Gasteiger charge is 2.47. The molecule has 102 valence electrons. The number of ketones is 1. The van der Waals surface area contributed by atoms with Gasteiger partial charge in [-0.05, 0) is 19.1 Å². The van der Waals surface area contributed by atoms with Crippen molar-refractivity contribution in [3.05, 3.63) is 35.9 Å². The maximum Gasteiger partial charge on any atom is 0.340 e. The van der Waals surface area contributed by atoms with Gasteiger partial charge in [0.05, 0.1) is 5.56 Å². The lowest BCUT2D eigenvalue weighted by atomic mass is 10.1. The summed E-state index contributed by atoms with van der Waals surface area (Å²) in [5.41, 5.74) is 0.291. The molecule has 1 saturated heterocycles. The van der Waals surface area contributed by atoms with Crippen molar-refractivity contribution in [2.45, 2.75) is 31.5 Å². The maximum absolute atomic E-state index is 11.7. The average molecular weight is 266 g/mol. The van der Waals surface area contributed by atoms with Gasteiger partial charge in [-0.2, -0.15) is 0 Å². The number of aliphatic hydroxyl groups is 2. The van der Waals surface area contributed by atoms with Gasteiger partial charge >= 0.3 is 5.97 Å². The predicted octanol–water partition coefficient (Wildman–Crippen LogP) is -0.121. The summed E-state index contributed by atoms with van der Waals surface area (Å²) in [6.45, 7) is 1.22. The third-order valence-corrected chi connectivity index (χ3v) is 2.85. The third kappa shape index (κ3) is 2.81. The molecule has 4 atom stereocenters. The van der Waals surface area contributed by atoms with Gasteiger partial charge in [-0.15, -0.1) is 0 Å². The zero-order chi connectivity index (χ0) is 14.0. The number of carbonyl (C=O) groups excluding carboxylic acids is 2. The Morgan fingerprint density at radius 2 is 1.79 bits per heavy atom. The molecule has 1 aliphatic heterocycles. The van der Waals surface area contributed by atoms with Crippen molar-refractivity contribution in [1.82, 2.24) is 0 Å². The predicted molar refractivity (Wildman–Crippen MR) is 63.2 cm³/mol. The molecule has 0 spiro atoms. The van der Waals surface area contributed by atoms with Gasteiger partial charge in [-0.3, -0.25) is 4.79 Å². The molecule has 0 bridgehead atoms. The molecule has 0 aromatic heterocycles. The molecule has 6 heteroatoms. The van der Waals surface area contributed by atoms with E-state index in [1.165, 1.54) is 6.92 Å². The van der Waals surface area contributed by atoms with Gasteiger partial charge in [-0.1, -0.05) is 18.2 Å². The average Bonchev–Trinajstić information content (AvgIpc) is 2.68. The number of hydrogen-bond donors (Lipinski definition) is 2. The Labute approximate surface area is 109 Å². The second-order valence-electron chi connectivity index (χ2n) is 4.29. The van der Waals surface area contributed by atoms with Crippen LogP contribution in [0.15, 0.2) is 30.3 Å². The first-order valence-electron chi connectivity index (χ1n) is 5.79. The van der Waals surface area contributed by atoms with Crippen LogP contribution in [0.2, 0.25) is 0 Å². The van der Waals surface area contributed by atoms with Crippen LogP contribution < -0.4 is 0 Å². The monoisotopic (exact) mass is 266 g/mol. The number of aliphatic hydroxyl groups excluding tert-OH is 2. The highest BCUT2D eigenvalue weighted by atomic mass is 16.7. The lowest BCUT2D eigenvalue weighted by Crippen LogP contribution is -2.36. The fourth-order valence-electron chi connectivity index (χ4n) is 1.83. The van der Waals surface area contributed by atoms with Crippen LogP contribution in [0.3, 0.4) is 0 Å². The van der Waals surface area contributed by atoms with Gasteiger partial charge in [0.25, 0.3) is 0 Å². The Morgan fingerprint density at radius 1 is 1.16 bits per heavy atom. The molecule has 6 nitrogen and oxygen atoms in total. The number of hydrogen-bond acceptors (Lipinski definition) is 6. The smallest absolute Gasteiger partial charge is 0.340 e. The summed E-state index contributed by atoms with van der Waals surface area (Å²) in [4.78, 5) is 22.9. The van der Waals surface area contributed by atoms with Crippen molar-refractivity contribution < 1.29 is 29.3 Å². The molecule has 19 heavy (non-hydrogen) atoms. The molecular formula is C13H14O6. The van der Waals surface area contributed by atoms with Gasteiger partial charge in [0.1, 0.15) is 18.3 Å². The molecular weight excluding hydrogens is 252 g/mol. The van der Waals surface area contributed by atoms with Crippen LogP contribution in [0, 0.1) is 0 Å². The summed E-state index contributed by atoms with van der Waals surface area (Å²) in [7, 11) is 0. The number of ether oxygens (including phenoxy) is 2. The van der Waals surface area contributed by atoms with E-state index in [9.17, 15) is 19.8 Å². The second kappa shape index (κ2) is 5.48. The maximum atomic E-state index is 11.7. The van der Waals surface area contributed by atoms with E-state index < -0.39 is 36.4 Å². The SMILES string of the molecule is CC(=O)[C@H]1O[C@@H](OC(=O)c2ccccc2)[C@H](O)[C@@H]1O. The van der Waals surface area contributed by atoms with E-state index in [0.717, 1.165) is 0 Å². The van der Waals surface area contributed by atoms with E-state index in [1.807, 2.05) is 0 Å². The lowest BCUT2D eigenvalue weighted by Gasteiger charge is -2.15. The fraction of sp³-hybridized carbons (Fsp3) is 0.385. The van der Waals surface area contributed by atoms with Crippen LogP contribution in [0.5, 0.6) is 0 Å². The standard InChI is InChI=1S/C13H14O6/c1-7(14)11-9(15)10(16)13(18-11)19-12(17)8-5-3-2-4-6-8/h2-6,9-11,13,15-16H,1H3/t9-,10+,11+,13-/m0/s1. The highest BCUT2D eigenvalue weighted by Crippen LogP contribution is 2.23. The zero-order valence-electron chi connectivity index (χ0n) is 10.2. The second-order valence-corrected chi connectivity index (χ2v) is 4.29. The molecule has 0 unspecified atom stereocenters. The van der Waals surface area contributed by atoms with E-state index in [2.05, 4.69) is 0 Å². The molecule has 0 radical (unpaired) electrons. The van der Waals surface area contributed by atoms with Crippen LogP contribution in [0.25, 0.3) is 0 Å². The van der Waals surface area contributed by atoms with Crippen LogP contribution >= 0.6 is 0 Å². The topological polar surface area (TPSA) is 93.1 Å². The van der Waals surface area contributed by atoms with Crippen molar-refractivity contribution in [1.29, 1.82) is 0 Å². The van der Waals surface area contributed by atoms with Crippen LogP contribution in [0.1, 0.15) is 17.3 Å². The highest BCUT2D eigenvalue weighted by molar-refractivity contribution is 5.89. The van der Waals surface area contributed by atoms with Gasteiger partial charge in [0.15, 0.2) is 5.78 Å². The van der Waals surface area contributed by atoms with E-state index in [4.69, 9.17) is 9.47 Å². The minimum Gasteiger partial charge on any atom is -0.429 e. The molecule has 0 saturated carbocycles. The number of carbonyl (C=O) groups is 2. The summed E-state index contributed by atoms with van der Waals surface area (Å²) in [5, 5.41) is 19.3. The molecule has 2 N–H and O–H groups in total. The Balaban J connectivity index is 2.04. The summed E-state index contributed by atoms with van der Waals surface area (Å²) in [5.74, 6) is -1.13. The first-order valence-corrected chi connectivity index (χ1v) is 5.79. The van der Waals surface area contributed by atoms with E-state index in [-0.39, 0.29) is 0 Å². The first-order chi connectivity index (χ1) is 9.00. The molecule has 0 amide bonds. The molecule has 1 aliphatic rings. The molecule has 2 rings (SSSR count). The Kier molecular flexibility index (Phi) is 3.94. The van der Waals surface area contributed by atoms with E-state index >= 15 is 0 Å². The normalized spacial score (nSPS) is 30.1. The van der Waals surface area contributed by atoms with Crippen molar-refractivity contribution in [2.24, 2.45) is 0 Å². The van der Waals surface area contributed by atoms with Crippen molar-refractivity contribution in [2.75, 3.05) is 0 Å². The number of benzene rings is 1. The van der Waals surface area contributed by atoms with Crippen molar-refractivity contribution in [3.8, 4) is 0 Å². The summed E-state index contributed by atoms with van der Waals surface area (Å²) >= 11 is 0. The quantitative estimate of drug-likeness (QED) is 0.741. The molecule has 0 aliphatic carbocycles. The number of Topliss-reactive ketones (excluding diaryl/α,β-unsaturated/α-hetero) is 1. The Hall–Kier alpha value is -1.76.